The zero-order valence-electron chi connectivity index (χ0n) is 14.7. The molecular formula is C20H18BrFN2O2S. The Morgan fingerprint density at radius 1 is 1.30 bits per heavy atom. The predicted octanol–water partition coefficient (Wildman–Crippen LogP) is 4.63. The van der Waals surface area contributed by atoms with E-state index in [4.69, 9.17) is 17.0 Å². The van der Waals surface area contributed by atoms with E-state index in [-0.39, 0.29) is 18.3 Å². The van der Waals surface area contributed by atoms with Gasteiger partial charge in [-0.1, -0.05) is 41.1 Å². The summed E-state index contributed by atoms with van der Waals surface area (Å²) in [5, 5.41) is 3.35. The number of rotatable bonds is 6. The normalized spacial score (nSPS) is 15.4. The van der Waals surface area contributed by atoms with Crippen molar-refractivity contribution in [3.05, 3.63) is 69.6 Å². The van der Waals surface area contributed by atoms with Crippen molar-refractivity contribution in [1.82, 2.24) is 10.2 Å². The molecule has 0 saturated carbocycles. The SMILES string of the molecule is CCCN1C(=O)/C(=C/c2cc(Br)ccc2OCc2ccccc2F)NC1=S. The fourth-order valence-electron chi connectivity index (χ4n) is 2.69. The Labute approximate surface area is 171 Å². The molecule has 27 heavy (non-hydrogen) atoms. The molecule has 1 fully saturated rings. The summed E-state index contributed by atoms with van der Waals surface area (Å²) >= 11 is 8.67. The van der Waals surface area contributed by atoms with Crippen LogP contribution in [0.2, 0.25) is 0 Å². The maximum atomic E-state index is 13.8. The molecule has 0 aliphatic carbocycles. The minimum Gasteiger partial charge on any atom is -0.488 e. The molecule has 4 nitrogen and oxygen atoms in total. The maximum Gasteiger partial charge on any atom is 0.276 e. The summed E-state index contributed by atoms with van der Waals surface area (Å²) in [6.07, 6.45) is 2.51. The van der Waals surface area contributed by atoms with Crippen LogP contribution in [0.4, 0.5) is 4.39 Å². The van der Waals surface area contributed by atoms with Gasteiger partial charge >= 0.3 is 0 Å². The van der Waals surface area contributed by atoms with Crippen LogP contribution in [0.1, 0.15) is 24.5 Å². The van der Waals surface area contributed by atoms with Crippen LogP contribution in [0.15, 0.2) is 52.6 Å². The summed E-state index contributed by atoms with van der Waals surface area (Å²) in [5.41, 5.74) is 1.55. The number of hydrogen-bond donors (Lipinski definition) is 1. The van der Waals surface area contributed by atoms with E-state index >= 15 is 0 Å². The lowest BCUT2D eigenvalue weighted by Gasteiger charge is -2.12. The lowest BCUT2D eigenvalue weighted by atomic mass is 10.1. The fourth-order valence-corrected chi connectivity index (χ4v) is 3.35. The van der Waals surface area contributed by atoms with E-state index in [9.17, 15) is 9.18 Å². The quantitative estimate of drug-likeness (QED) is 0.516. The summed E-state index contributed by atoms with van der Waals surface area (Å²) in [7, 11) is 0. The molecule has 1 aliphatic heterocycles. The van der Waals surface area contributed by atoms with Crippen molar-refractivity contribution in [1.29, 1.82) is 0 Å². The summed E-state index contributed by atoms with van der Waals surface area (Å²) in [6, 6.07) is 11.9. The van der Waals surface area contributed by atoms with Gasteiger partial charge in [0.25, 0.3) is 5.91 Å². The van der Waals surface area contributed by atoms with Gasteiger partial charge in [0.2, 0.25) is 0 Å². The average molecular weight is 449 g/mol. The number of carbonyl (C=O) groups excluding carboxylic acids is 1. The molecule has 1 aliphatic rings. The third-order valence-electron chi connectivity index (χ3n) is 4.02. The monoisotopic (exact) mass is 448 g/mol. The van der Waals surface area contributed by atoms with Crippen LogP contribution in [-0.4, -0.2) is 22.5 Å². The van der Waals surface area contributed by atoms with Gasteiger partial charge in [0.15, 0.2) is 5.11 Å². The third kappa shape index (κ3) is 4.54. The zero-order valence-corrected chi connectivity index (χ0v) is 17.1. The molecule has 1 N–H and O–H groups in total. The van der Waals surface area contributed by atoms with Gasteiger partial charge < -0.3 is 10.1 Å². The van der Waals surface area contributed by atoms with Crippen molar-refractivity contribution in [3.63, 3.8) is 0 Å². The van der Waals surface area contributed by atoms with Crippen LogP contribution >= 0.6 is 28.1 Å². The summed E-state index contributed by atoms with van der Waals surface area (Å²) in [5.74, 6) is 0.0630. The number of carbonyl (C=O) groups is 1. The molecule has 140 valence electrons. The van der Waals surface area contributed by atoms with Gasteiger partial charge in [-0.25, -0.2) is 4.39 Å². The molecule has 3 rings (SSSR count). The Morgan fingerprint density at radius 2 is 2.07 bits per heavy atom. The Hall–Kier alpha value is -2.25. The molecule has 1 amide bonds. The van der Waals surface area contributed by atoms with E-state index < -0.39 is 0 Å². The van der Waals surface area contributed by atoms with E-state index in [0.29, 0.717) is 34.2 Å². The van der Waals surface area contributed by atoms with Gasteiger partial charge in [0, 0.05) is 22.1 Å². The predicted molar refractivity (Wildman–Crippen MR) is 111 cm³/mol. The lowest BCUT2D eigenvalue weighted by molar-refractivity contribution is -0.122. The summed E-state index contributed by atoms with van der Waals surface area (Å²) in [4.78, 5) is 14.1. The first-order valence-corrected chi connectivity index (χ1v) is 9.70. The van der Waals surface area contributed by atoms with Crippen molar-refractivity contribution in [2.24, 2.45) is 0 Å². The van der Waals surface area contributed by atoms with Crippen LogP contribution in [0.5, 0.6) is 5.75 Å². The van der Waals surface area contributed by atoms with Gasteiger partial charge in [-0.3, -0.25) is 9.69 Å². The Kier molecular flexibility index (Phi) is 6.23. The highest BCUT2D eigenvalue weighted by atomic mass is 79.9. The van der Waals surface area contributed by atoms with Crippen LogP contribution in [0, 0.1) is 5.82 Å². The second kappa shape index (κ2) is 8.63. The van der Waals surface area contributed by atoms with Gasteiger partial charge in [-0.15, -0.1) is 0 Å². The highest BCUT2D eigenvalue weighted by Crippen LogP contribution is 2.27. The van der Waals surface area contributed by atoms with E-state index in [1.807, 2.05) is 19.1 Å². The van der Waals surface area contributed by atoms with Gasteiger partial charge in [0.05, 0.1) is 0 Å². The molecule has 2 aromatic carbocycles. The number of amides is 1. The first-order valence-electron chi connectivity index (χ1n) is 8.50. The maximum absolute atomic E-state index is 13.8. The second-order valence-electron chi connectivity index (χ2n) is 6.01. The zero-order chi connectivity index (χ0) is 19.4. The Bertz CT molecular complexity index is 917. The van der Waals surface area contributed by atoms with Gasteiger partial charge in [-0.2, -0.15) is 0 Å². The molecule has 0 atom stereocenters. The number of benzene rings is 2. The fraction of sp³-hybridized carbons (Fsp3) is 0.200. The number of hydrogen-bond acceptors (Lipinski definition) is 3. The molecule has 1 heterocycles. The average Bonchev–Trinajstić information content (AvgIpc) is 2.90. The van der Waals surface area contributed by atoms with Crippen LogP contribution in [0.25, 0.3) is 6.08 Å². The molecule has 0 radical (unpaired) electrons. The Balaban J connectivity index is 1.85. The number of nitrogens with zero attached hydrogens (tertiary/aromatic N) is 1. The van der Waals surface area contributed by atoms with E-state index in [1.165, 1.54) is 6.07 Å². The van der Waals surface area contributed by atoms with Crippen LogP contribution < -0.4 is 10.1 Å². The third-order valence-corrected chi connectivity index (χ3v) is 4.84. The molecule has 2 aromatic rings. The first-order chi connectivity index (χ1) is 13.0. The summed E-state index contributed by atoms with van der Waals surface area (Å²) < 4.78 is 20.5. The highest BCUT2D eigenvalue weighted by molar-refractivity contribution is 9.10. The number of halogens is 2. The number of ether oxygens (including phenoxy) is 1. The van der Waals surface area contributed by atoms with Crippen LogP contribution in [-0.2, 0) is 11.4 Å². The summed E-state index contributed by atoms with van der Waals surface area (Å²) in [6.45, 7) is 2.64. The molecule has 0 spiro atoms. The van der Waals surface area contributed by atoms with Crippen LogP contribution in [0.3, 0.4) is 0 Å². The molecule has 0 unspecified atom stereocenters. The minimum atomic E-state index is -0.317. The molecule has 7 heteroatoms. The topological polar surface area (TPSA) is 41.6 Å². The minimum absolute atomic E-state index is 0.0895. The van der Waals surface area contributed by atoms with Gasteiger partial charge in [0.1, 0.15) is 23.9 Å². The number of thiocarbonyl (C=S) groups is 1. The standard InChI is InChI=1S/C20H18BrFN2O2S/c1-2-9-24-19(25)17(23-20(24)27)11-14-10-15(21)7-8-18(14)26-12-13-5-3-4-6-16(13)22/h3-8,10-11H,2,9,12H2,1H3,(H,23,27)/b17-11-. The van der Waals surface area contributed by atoms with Crippen molar-refractivity contribution in [2.75, 3.05) is 6.54 Å². The second-order valence-corrected chi connectivity index (χ2v) is 7.31. The molecule has 0 bridgehead atoms. The highest BCUT2D eigenvalue weighted by Gasteiger charge is 2.29. The molecular weight excluding hydrogens is 431 g/mol. The van der Waals surface area contributed by atoms with Crippen molar-refractivity contribution >= 4 is 45.2 Å². The van der Waals surface area contributed by atoms with Gasteiger partial charge in [-0.05, 0) is 49.0 Å². The molecule has 1 saturated heterocycles. The van der Waals surface area contributed by atoms with E-state index in [1.54, 1.807) is 35.2 Å². The largest absolute Gasteiger partial charge is 0.488 e. The van der Waals surface area contributed by atoms with Crippen molar-refractivity contribution in [2.45, 2.75) is 20.0 Å². The molecule has 0 aromatic heterocycles. The van der Waals surface area contributed by atoms with E-state index in [2.05, 4.69) is 21.2 Å². The first kappa shape index (κ1) is 19.5. The smallest absolute Gasteiger partial charge is 0.276 e. The lowest BCUT2D eigenvalue weighted by Crippen LogP contribution is -2.31. The number of nitrogens with one attached hydrogen (secondary N) is 1. The Morgan fingerprint density at radius 3 is 2.81 bits per heavy atom. The van der Waals surface area contributed by atoms with Crippen molar-refractivity contribution in [3.8, 4) is 5.75 Å². The van der Waals surface area contributed by atoms with Crippen molar-refractivity contribution < 1.29 is 13.9 Å². The van der Waals surface area contributed by atoms with E-state index in [0.717, 1.165) is 10.9 Å².